The van der Waals surface area contributed by atoms with Gasteiger partial charge < -0.3 is 10.0 Å². The van der Waals surface area contributed by atoms with Crippen LogP contribution in [0.5, 0.6) is 0 Å². The number of carboxylic acid groups (broad SMARTS) is 1. The number of benzene rings is 1. The highest BCUT2D eigenvalue weighted by atomic mass is 35.5. The number of aliphatic carboxylic acids is 1. The van der Waals surface area contributed by atoms with Gasteiger partial charge in [-0.25, -0.2) is 0 Å². The molecule has 1 aliphatic heterocycles. The molecule has 0 bridgehead atoms. The minimum absolute atomic E-state index is 0.0506. The van der Waals surface area contributed by atoms with Crippen molar-refractivity contribution in [2.75, 3.05) is 26.2 Å². The maximum Gasteiger partial charge on any atom is 0.317 e. The molecule has 0 radical (unpaired) electrons. The van der Waals surface area contributed by atoms with Gasteiger partial charge in [-0.15, -0.1) is 0 Å². The van der Waals surface area contributed by atoms with Crippen LogP contribution in [0.2, 0.25) is 5.02 Å². The van der Waals surface area contributed by atoms with Crippen molar-refractivity contribution in [3.8, 4) is 0 Å². The number of carbonyl (C=O) groups is 2. The largest absolute Gasteiger partial charge is 0.480 e. The summed E-state index contributed by atoms with van der Waals surface area (Å²) in [5.74, 6) is -0.859. The normalized spacial score (nSPS) is 16.0. The summed E-state index contributed by atoms with van der Waals surface area (Å²) in [6.45, 7) is 3.98. The van der Waals surface area contributed by atoms with Crippen molar-refractivity contribution in [1.29, 1.82) is 0 Å². The van der Waals surface area contributed by atoms with Crippen LogP contribution in [-0.4, -0.2) is 59.0 Å². The lowest BCUT2D eigenvalue weighted by Crippen LogP contribution is -2.48. The number of hydrogen-bond donors (Lipinski definition) is 1. The Labute approximate surface area is 135 Å². The molecule has 120 valence electrons. The summed E-state index contributed by atoms with van der Waals surface area (Å²) in [6.07, 6.45) is 1.58. The molecule has 0 spiro atoms. The average molecular weight is 325 g/mol. The van der Waals surface area contributed by atoms with E-state index in [0.29, 0.717) is 30.2 Å². The number of carboxylic acids is 1. The molecule has 1 aromatic carbocycles. The van der Waals surface area contributed by atoms with Crippen molar-refractivity contribution in [1.82, 2.24) is 9.80 Å². The van der Waals surface area contributed by atoms with Gasteiger partial charge in [-0.3, -0.25) is 14.5 Å². The van der Waals surface area contributed by atoms with Gasteiger partial charge in [-0.2, -0.15) is 0 Å². The van der Waals surface area contributed by atoms with Gasteiger partial charge in [0.15, 0.2) is 0 Å². The summed E-state index contributed by atoms with van der Waals surface area (Å²) in [6, 6.07) is 7.28. The summed E-state index contributed by atoms with van der Waals surface area (Å²) in [7, 11) is 0. The summed E-state index contributed by atoms with van der Waals surface area (Å²) < 4.78 is 0. The number of halogens is 1. The fourth-order valence-electron chi connectivity index (χ4n) is 2.91. The lowest BCUT2D eigenvalue weighted by Gasteiger charge is -2.37. The van der Waals surface area contributed by atoms with Crippen LogP contribution in [0.25, 0.3) is 0 Å². The number of amides is 1. The Morgan fingerprint density at radius 1 is 1.32 bits per heavy atom. The molecule has 1 aliphatic rings. The first-order valence-electron chi connectivity index (χ1n) is 7.52. The van der Waals surface area contributed by atoms with Crippen molar-refractivity contribution in [2.45, 2.75) is 25.8 Å². The maximum atomic E-state index is 12.5. The predicted molar refractivity (Wildman–Crippen MR) is 85.3 cm³/mol. The molecule has 0 saturated carbocycles. The van der Waals surface area contributed by atoms with Gasteiger partial charge in [-0.1, -0.05) is 30.7 Å². The molecule has 1 aromatic rings. The first-order chi connectivity index (χ1) is 10.5. The SMILES string of the molecule is CCN(CC(=O)O)C1CCN(C(=O)c2ccccc2Cl)CC1. The van der Waals surface area contributed by atoms with Crippen LogP contribution in [0.3, 0.4) is 0 Å². The Balaban J connectivity index is 1.96. The van der Waals surface area contributed by atoms with Gasteiger partial charge in [0.2, 0.25) is 0 Å². The van der Waals surface area contributed by atoms with Crippen LogP contribution < -0.4 is 0 Å². The van der Waals surface area contributed by atoms with Crippen LogP contribution in [0.15, 0.2) is 24.3 Å². The third kappa shape index (κ3) is 3.99. The first kappa shape index (κ1) is 16.8. The van der Waals surface area contributed by atoms with E-state index in [9.17, 15) is 9.59 Å². The number of rotatable bonds is 5. The molecule has 5 nitrogen and oxygen atoms in total. The number of hydrogen-bond acceptors (Lipinski definition) is 3. The third-order valence-electron chi connectivity index (χ3n) is 4.12. The predicted octanol–water partition coefficient (Wildman–Crippen LogP) is 2.35. The summed E-state index contributed by atoms with van der Waals surface area (Å²) >= 11 is 6.08. The topological polar surface area (TPSA) is 60.9 Å². The van der Waals surface area contributed by atoms with Gasteiger partial charge in [0.1, 0.15) is 0 Å². The third-order valence-corrected chi connectivity index (χ3v) is 4.45. The zero-order chi connectivity index (χ0) is 16.1. The summed E-state index contributed by atoms with van der Waals surface area (Å²) in [5.41, 5.74) is 0.528. The van der Waals surface area contributed by atoms with Crippen LogP contribution in [0.4, 0.5) is 0 Å². The second-order valence-corrected chi connectivity index (χ2v) is 5.87. The van der Waals surface area contributed by atoms with E-state index in [4.69, 9.17) is 16.7 Å². The molecular weight excluding hydrogens is 304 g/mol. The molecule has 0 aliphatic carbocycles. The summed E-state index contributed by atoms with van der Waals surface area (Å²) in [4.78, 5) is 27.1. The summed E-state index contributed by atoms with van der Waals surface area (Å²) in [5, 5.41) is 9.41. The zero-order valence-electron chi connectivity index (χ0n) is 12.7. The number of piperidine rings is 1. The molecule has 0 unspecified atom stereocenters. The Kier molecular flexibility index (Phi) is 5.80. The standard InChI is InChI=1S/C16H21ClN2O3/c1-2-18(11-15(20)21)12-7-9-19(10-8-12)16(22)13-5-3-4-6-14(13)17/h3-6,12H,2,7-11H2,1H3,(H,20,21). The molecular formula is C16H21ClN2O3. The number of likely N-dealkylation sites (N-methyl/N-ethyl adjacent to an activating group) is 1. The van der Waals surface area contributed by atoms with Gasteiger partial charge in [0.05, 0.1) is 17.1 Å². The van der Waals surface area contributed by atoms with E-state index in [-0.39, 0.29) is 18.5 Å². The van der Waals surface area contributed by atoms with Crippen LogP contribution >= 0.6 is 11.6 Å². The highest BCUT2D eigenvalue weighted by molar-refractivity contribution is 6.33. The maximum absolute atomic E-state index is 12.5. The average Bonchev–Trinajstić information content (AvgIpc) is 2.52. The molecule has 22 heavy (non-hydrogen) atoms. The fourth-order valence-corrected chi connectivity index (χ4v) is 3.13. The Morgan fingerprint density at radius 2 is 1.95 bits per heavy atom. The van der Waals surface area contributed by atoms with Crippen molar-refractivity contribution < 1.29 is 14.7 Å². The minimum atomic E-state index is -0.809. The molecule has 6 heteroatoms. The van der Waals surface area contributed by atoms with E-state index in [1.807, 2.05) is 11.8 Å². The molecule has 1 heterocycles. The smallest absolute Gasteiger partial charge is 0.317 e. The minimum Gasteiger partial charge on any atom is -0.480 e. The van der Waals surface area contributed by atoms with E-state index < -0.39 is 5.97 Å². The number of likely N-dealkylation sites (tertiary alicyclic amines) is 1. The lowest BCUT2D eigenvalue weighted by molar-refractivity contribution is -0.139. The number of carbonyl (C=O) groups excluding carboxylic acids is 1. The monoisotopic (exact) mass is 324 g/mol. The van der Waals surface area contributed by atoms with Crippen LogP contribution in [0.1, 0.15) is 30.1 Å². The van der Waals surface area contributed by atoms with E-state index in [1.54, 1.807) is 29.2 Å². The quantitative estimate of drug-likeness (QED) is 0.903. The Hall–Kier alpha value is -1.59. The molecule has 0 atom stereocenters. The van der Waals surface area contributed by atoms with Crippen molar-refractivity contribution in [3.05, 3.63) is 34.9 Å². The van der Waals surface area contributed by atoms with Crippen molar-refractivity contribution >= 4 is 23.5 Å². The molecule has 1 amide bonds. The van der Waals surface area contributed by atoms with E-state index in [1.165, 1.54) is 0 Å². The highest BCUT2D eigenvalue weighted by Gasteiger charge is 2.28. The van der Waals surface area contributed by atoms with Crippen molar-refractivity contribution in [3.63, 3.8) is 0 Å². The highest BCUT2D eigenvalue weighted by Crippen LogP contribution is 2.21. The van der Waals surface area contributed by atoms with Crippen molar-refractivity contribution in [2.24, 2.45) is 0 Å². The lowest BCUT2D eigenvalue weighted by atomic mass is 10.0. The molecule has 2 rings (SSSR count). The molecule has 1 fully saturated rings. The Morgan fingerprint density at radius 3 is 2.50 bits per heavy atom. The fraction of sp³-hybridized carbons (Fsp3) is 0.500. The van der Waals surface area contributed by atoms with Crippen LogP contribution in [0, 0.1) is 0 Å². The van der Waals surface area contributed by atoms with E-state index in [2.05, 4.69) is 0 Å². The van der Waals surface area contributed by atoms with Gasteiger partial charge in [0, 0.05) is 19.1 Å². The molecule has 1 N–H and O–H groups in total. The molecule has 1 saturated heterocycles. The van der Waals surface area contributed by atoms with E-state index >= 15 is 0 Å². The van der Waals surface area contributed by atoms with Gasteiger partial charge >= 0.3 is 5.97 Å². The van der Waals surface area contributed by atoms with Crippen LogP contribution in [-0.2, 0) is 4.79 Å². The Bertz CT molecular complexity index is 542. The molecule has 0 aromatic heterocycles. The second kappa shape index (κ2) is 7.61. The second-order valence-electron chi connectivity index (χ2n) is 5.46. The van der Waals surface area contributed by atoms with Gasteiger partial charge in [0.25, 0.3) is 5.91 Å². The van der Waals surface area contributed by atoms with Gasteiger partial charge in [-0.05, 0) is 31.5 Å². The van der Waals surface area contributed by atoms with E-state index in [0.717, 1.165) is 12.8 Å². The number of nitrogens with zero attached hydrogens (tertiary/aromatic N) is 2. The first-order valence-corrected chi connectivity index (χ1v) is 7.90. The zero-order valence-corrected chi connectivity index (χ0v) is 13.4.